The largest absolute Gasteiger partial charge is 0.454 e. The van der Waals surface area contributed by atoms with Crippen LogP contribution in [-0.4, -0.2) is 31.6 Å². The van der Waals surface area contributed by atoms with Crippen molar-refractivity contribution < 1.29 is 22.8 Å². The van der Waals surface area contributed by atoms with E-state index in [2.05, 4.69) is 14.7 Å². The van der Waals surface area contributed by atoms with Gasteiger partial charge in [-0.15, -0.1) is 0 Å². The number of primary amides is 1. The molecule has 13 heteroatoms. The Morgan fingerprint density at radius 1 is 1.21 bits per heavy atom. The number of nitrogens with two attached hydrogens (primary N) is 1. The Morgan fingerprint density at radius 2 is 1.91 bits per heavy atom. The van der Waals surface area contributed by atoms with Crippen LogP contribution in [0.15, 0.2) is 46.0 Å². The van der Waals surface area contributed by atoms with Crippen LogP contribution in [0.3, 0.4) is 0 Å². The van der Waals surface area contributed by atoms with E-state index in [4.69, 9.17) is 33.7 Å². The van der Waals surface area contributed by atoms with Crippen molar-refractivity contribution in [3.63, 3.8) is 0 Å². The number of halogens is 4. The molecular weight excluding hydrogens is 483 g/mol. The number of hydrogen-bond donors (Lipinski definition) is 1. The zero-order chi connectivity index (χ0) is 23.5. The molecule has 9 nitrogen and oxygen atoms in total. The lowest BCUT2D eigenvalue weighted by Crippen LogP contribution is -2.24. The van der Waals surface area contributed by atoms with Gasteiger partial charge in [-0.05, 0) is 42.3 Å². The number of rotatable bonds is 6. The number of imidazole rings is 1. The SMILES string of the molecule is NC(=O)c1noc(=O)n1-c1cc(Cl)c(Oc2ccc3ncn(C4(C(F)F)CC4)c3c2)c(Cl)c1. The minimum absolute atomic E-state index is 0.000804. The van der Waals surface area contributed by atoms with Crippen molar-refractivity contribution in [3.05, 3.63) is 63.1 Å². The van der Waals surface area contributed by atoms with E-state index in [-0.39, 0.29) is 27.2 Å². The molecule has 2 N–H and O–H groups in total. The molecule has 33 heavy (non-hydrogen) atoms. The summed E-state index contributed by atoms with van der Waals surface area (Å²) in [4.78, 5) is 27.7. The fourth-order valence-electron chi connectivity index (χ4n) is 3.62. The number of aromatic nitrogens is 4. The summed E-state index contributed by atoms with van der Waals surface area (Å²) in [6.45, 7) is 0. The summed E-state index contributed by atoms with van der Waals surface area (Å²) in [7, 11) is 0. The molecule has 1 aliphatic rings. The highest BCUT2D eigenvalue weighted by molar-refractivity contribution is 6.37. The van der Waals surface area contributed by atoms with E-state index in [1.54, 1.807) is 18.2 Å². The Labute approximate surface area is 193 Å². The van der Waals surface area contributed by atoms with Gasteiger partial charge in [0.25, 0.3) is 12.3 Å². The Hall–Kier alpha value is -3.44. The third kappa shape index (κ3) is 3.44. The first-order valence-corrected chi connectivity index (χ1v) is 10.3. The van der Waals surface area contributed by atoms with Gasteiger partial charge in [-0.25, -0.2) is 23.1 Å². The summed E-state index contributed by atoms with van der Waals surface area (Å²) >= 11 is 12.7. The molecule has 1 fully saturated rings. The van der Waals surface area contributed by atoms with Gasteiger partial charge in [-0.3, -0.25) is 9.32 Å². The molecule has 170 valence electrons. The Bertz CT molecular complexity index is 1450. The summed E-state index contributed by atoms with van der Waals surface area (Å²) in [5.74, 6) is -2.06. The standard InChI is InChI=1S/C20H13Cl2F2N5O4/c21-11-5-9(29-17(16(25)30)27-33-19(29)31)6-12(22)15(11)32-10-1-2-13-14(7-10)28(8-26-13)20(3-4-20)18(23)24/h1-2,5-8,18H,3-4H2,(H2,25,30). The van der Waals surface area contributed by atoms with Crippen LogP contribution >= 0.6 is 23.2 Å². The molecule has 2 aromatic carbocycles. The van der Waals surface area contributed by atoms with E-state index in [0.29, 0.717) is 23.9 Å². The molecule has 0 bridgehead atoms. The number of carbonyl (C=O) groups excluding carboxylic acids is 1. The summed E-state index contributed by atoms with van der Waals surface area (Å²) < 4.78 is 39.8. The van der Waals surface area contributed by atoms with Crippen molar-refractivity contribution in [1.82, 2.24) is 19.3 Å². The van der Waals surface area contributed by atoms with Gasteiger partial charge in [-0.1, -0.05) is 23.2 Å². The zero-order valence-electron chi connectivity index (χ0n) is 16.5. The summed E-state index contributed by atoms with van der Waals surface area (Å²) in [6, 6.07) is 7.42. The van der Waals surface area contributed by atoms with Gasteiger partial charge in [0.15, 0.2) is 5.75 Å². The van der Waals surface area contributed by atoms with E-state index in [0.717, 1.165) is 4.57 Å². The minimum Gasteiger partial charge on any atom is -0.454 e. The maximum absolute atomic E-state index is 13.6. The Balaban J connectivity index is 1.52. The van der Waals surface area contributed by atoms with E-state index < -0.39 is 29.5 Å². The fraction of sp³-hybridized carbons (Fsp3) is 0.200. The number of ether oxygens (including phenoxy) is 1. The van der Waals surface area contributed by atoms with E-state index in [1.165, 1.54) is 23.0 Å². The maximum atomic E-state index is 13.6. The summed E-state index contributed by atoms with van der Waals surface area (Å²) in [5, 5.41) is 3.33. The molecule has 0 unspecified atom stereocenters. The van der Waals surface area contributed by atoms with Crippen LogP contribution in [0, 0.1) is 0 Å². The predicted octanol–water partition coefficient (Wildman–Crippen LogP) is 4.13. The molecule has 5 rings (SSSR count). The molecule has 0 radical (unpaired) electrons. The third-order valence-corrected chi connectivity index (χ3v) is 6.01. The quantitative estimate of drug-likeness (QED) is 0.429. The molecular formula is C20H13Cl2F2N5O4. The number of alkyl halides is 2. The Kier molecular flexibility index (Phi) is 4.91. The minimum atomic E-state index is -2.53. The molecule has 2 aromatic heterocycles. The van der Waals surface area contributed by atoms with Crippen LogP contribution in [0.4, 0.5) is 8.78 Å². The van der Waals surface area contributed by atoms with Crippen molar-refractivity contribution in [2.24, 2.45) is 5.73 Å². The van der Waals surface area contributed by atoms with Crippen LogP contribution in [0.2, 0.25) is 10.0 Å². The second kappa shape index (κ2) is 7.56. The van der Waals surface area contributed by atoms with Gasteiger partial charge in [-0.2, -0.15) is 0 Å². The van der Waals surface area contributed by atoms with Gasteiger partial charge in [0.2, 0.25) is 5.82 Å². The third-order valence-electron chi connectivity index (χ3n) is 5.45. The first kappa shape index (κ1) is 21.4. The van der Waals surface area contributed by atoms with Crippen LogP contribution in [-0.2, 0) is 5.54 Å². The maximum Gasteiger partial charge on any atom is 0.446 e. The number of fused-ring (bicyclic) bond motifs is 1. The highest BCUT2D eigenvalue weighted by Crippen LogP contribution is 2.50. The second-order valence-electron chi connectivity index (χ2n) is 7.48. The van der Waals surface area contributed by atoms with Crippen molar-refractivity contribution in [2.75, 3.05) is 0 Å². The average Bonchev–Trinajstić information content (AvgIpc) is 3.31. The van der Waals surface area contributed by atoms with Crippen molar-refractivity contribution in [1.29, 1.82) is 0 Å². The second-order valence-corrected chi connectivity index (χ2v) is 8.30. The lowest BCUT2D eigenvalue weighted by atomic mass is 10.2. The topological polar surface area (TPSA) is 118 Å². The molecule has 0 atom stereocenters. The van der Waals surface area contributed by atoms with Gasteiger partial charge in [0.05, 0.1) is 33.1 Å². The summed E-state index contributed by atoms with van der Waals surface area (Å²) in [6.07, 6.45) is -0.414. The average molecular weight is 496 g/mol. The van der Waals surface area contributed by atoms with E-state index in [1.807, 2.05) is 0 Å². The first-order valence-electron chi connectivity index (χ1n) is 9.53. The van der Waals surface area contributed by atoms with Gasteiger partial charge < -0.3 is 15.0 Å². The monoisotopic (exact) mass is 495 g/mol. The Morgan fingerprint density at radius 3 is 2.52 bits per heavy atom. The number of carbonyl (C=O) groups is 1. The van der Waals surface area contributed by atoms with Crippen LogP contribution < -0.4 is 16.2 Å². The zero-order valence-corrected chi connectivity index (χ0v) is 18.0. The fourth-order valence-corrected chi connectivity index (χ4v) is 4.18. The number of nitrogens with zero attached hydrogens (tertiary/aromatic N) is 4. The first-order chi connectivity index (χ1) is 15.7. The van der Waals surface area contributed by atoms with Crippen molar-refractivity contribution in [2.45, 2.75) is 24.8 Å². The van der Waals surface area contributed by atoms with Gasteiger partial charge in [0, 0.05) is 6.07 Å². The van der Waals surface area contributed by atoms with Crippen LogP contribution in [0.1, 0.15) is 23.5 Å². The van der Waals surface area contributed by atoms with Crippen molar-refractivity contribution >= 4 is 40.1 Å². The summed E-state index contributed by atoms with van der Waals surface area (Å²) in [5.41, 5.74) is 5.05. The smallest absolute Gasteiger partial charge is 0.446 e. The van der Waals surface area contributed by atoms with Gasteiger partial charge >= 0.3 is 5.76 Å². The molecule has 1 amide bonds. The van der Waals surface area contributed by atoms with Crippen molar-refractivity contribution in [3.8, 4) is 17.2 Å². The lowest BCUT2D eigenvalue weighted by molar-refractivity contribution is 0.0691. The molecule has 1 saturated carbocycles. The van der Waals surface area contributed by atoms with Crippen LogP contribution in [0.25, 0.3) is 16.7 Å². The normalized spacial score (nSPS) is 14.7. The number of benzene rings is 2. The molecule has 1 aliphatic carbocycles. The predicted molar refractivity (Wildman–Crippen MR) is 114 cm³/mol. The molecule has 2 heterocycles. The highest BCUT2D eigenvalue weighted by Gasteiger charge is 2.53. The number of hydrogen-bond acceptors (Lipinski definition) is 6. The van der Waals surface area contributed by atoms with E-state index >= 15 is 0 Å². The van der Waals surface area contributed by atoms with Gasteiger partial charge in [0.1, 0.15) is 11.3 Å². The number of amides is 1. The van der Waals surface area contributed by atoms with Crippen LogP contribution in [0.5, 0.6) is 11.5 Å². The molecule has 0 saturated heterocycles. The van der Waals surface area contributed by atoms with E-state index in [9.17, 15) is 18.4 Å². The molecule has 0 spiro atoms. The molecule has 0 aliphatic heterocycles. The molecule has 4 aromatic rings. The highest BCUT2D eigenvalue weighted by atomic mass is 35.5. The lowest BCUT2D eigenvalue weighted by Gasteiger charge is -2.17.